The lowest BCUT2D eigenvalue weighted by Crippen LogP contribution is -2.37. The summed E-state index contributed by atoms with van der Waals surface area (Å²) >= 11 is 0. The van der Waals surface area contributed by atoms with Crippen molar-refractivity contribution in [1.82, 2.24) is 19.9 Å². The molecule has 1 fully saturated rings. The highest BCUT2D eigenvalue weighted by molar-refractivity contribution is 5.79. The van der Waals surface area contributed by atoms with Crippen molar-refractivity contribution in [2.45, 2.75) is 13.8 Å². The number of nitrogens with one attached hydrogen (secondary N) is 1. The first-order chi connectivity index (χ1) is 11.6. The van der Waals surface area contributed by atoms with Gasteiger partial charge in [-0.3, -0.25) is 9.78 Å². The van der Waals surface area contributed by atoms with Crippen molar-refractivity contribution < 1.29 is 9.53 Å². The highest BCUT2D eigenvalue weighted by atomic mass is 16.5. The monoisotopic (exact) mass is 328 g/mol. The first-order valence-electron chi connectivity index (χ1n) is 7.87. The summed E-state index contributed by atoms with van der Waals surface area (Å²) in [5.41, 5.74) is 1.74. The molecule has 1 aliphatic rings. The third-order valence-corrected chi connectivity index (χ3v) is 3.58. The Hall–Kier alpha value is -2.61. The second-order valence-electron chi connectivity index (χ2n) is 5.63. The van der Waals surface area contributed by atoms with Crippen molar-refractivity contribution in [3.63, 3.8) is 0 Å². The average molecular weight is 328 g/mol. The van der Waals surface area contributed by atoms with Gasteiger partial charge in [0.15, 0.2) is 5.82 Å². The number of carbonyl (C=O) groups is 1. The van der Waals surface area contributed by atoms with E-state index in [2.05, 4.69) is 30.2 Å². The molecule has 8 heteroatoms. The predicted octanol–water partition coefficient (Wildman–Crippen LogP) is 1.08. The van der Waals surface area contributed by atoms with Gasteiger partial charge >= 0.3 is 0 Å². The van der Waals surface area contributed by atoms with E-state index in [1.165, 1.54) is 6.92 Å². The van der Waals surface area contributed by atoms with Crippen LogP contribution in [0, 0.1) is 6.92 Å². The van der Waals surface area contributed by atoms with Gasteiger partial charge in [0.2, 0.25) is 11.9 Å². The predicted molar refractivity (Wildman–Crippen MR) is 90.0 cm³/mol. The summed E-state index contributed by atoms with van der Waals surface area (Å²) in [5.74, 6) is 1.51. The fourth-order valence-electron chi connectivity index (χ4n) is 2.28. The molecule has 126 valence electrons. The van der Waals surface area contributed by atoms with Crippen molar-refractivity contribution in [2.75, 3.05) is 43.1 Å². The maximum absolute atomic E-state index is 11.2. The van der Waals surface area contributed by atoms with Crippen LogP contribution in [0.1, 0.15) is 12.6 Å². The van der Waals surface area contributed by atoms with Gasteiger partial charge in [0, 0.05) is 30.5 Å². The third kappa shape index (κ3) is 4.02. The molecule has 3 rings (SSSR count). The molecule has 0 spiro atoms. The number of pyridine rings is 1. The summed E-state index contributed by atoms with van der Waals surface area (Å²) in [5, 5.41) is 2.96. The van der Waals surface area contributed by atoms with Gasteiger partial charge in [-0.15, -0.1) is 0 Å². The molecule has 0 unspecified atom stereocenters. The molecule has 1 N–H and O–H groups in total. The normalized spacial score (nSPS) is 14.5. The molecule has 8 nitrogen and oxygen atoms in total. The third-order valence-electron chi connectivity index (χ3n) is 3.58. The van der Waals surface area contributed by atoms with E-state index in [9.17, 15) is 4.79 Å². The van der Waals surface area contributed by atoms with E-state index in [1.54, 1.807) is 6.20 Å². The van der Waals surface area contributed by atoms with Gasteiger partial charge < -0.3 is 15.0 Å². The molecule has 0 atom stereocenters. The van der Waals surface area contributed by atoms with Crippen LogP contribution >= 0.6 is 0 Å². The van der Waals surface area contributed by atoms with Gasteiger partial charge in [-0.1, -0.05) is 0 Å². The molecule has 0 radical (unpaired) electrons. The Morgan fingerprint density at radius 3 is 2.71 bits per heavy atom. The summed E-state index contributed by atoms with van der Waals surface area (Å²) in [6.45, 7) is 6.35. The molecule has 0 bridgehead atoms. The second kappa shape index (κ2) is 7.31. The molecule has 0 amide bonds. The number of carbonyl (C=O) groups excluding carboxylic acids is 1. The number of hydrogen-bond acceptors (Lipinski definition) is 8. The number of anilines is 2. The average Bonchev–Trinajstić information content (AvgIpc) is 2.61. The van der Waals surface area contributed by atoms with Gasteiger partial charge in [0.1, 0.15) is 5.78 Å². The van der Waals surface area contributed by atoms with Crippen LogP contribution in [0.5, 0.6) is 0 Å². The first kappa shape index (κ1) is 16.3. The summed E-state index contributed by atoms with van der Waals surface area (Å²) in [7, 11) is 0. The maximum Gasteiger partial charge on any atom is 0.230 e. The van der Waals surface area contributed by atoms with Gasteiger partial charge in [0.05, 0.1) is 19.8 Å². The molecule has 3 heterocycles. The molecule has 1 saturated heterocycles. The molecule has 2 aromatic rings. The lowest BCUT2D eigenvalue weighted by atomic mass is 10.2. The number of aromatic nitrogens is 4. The Labute approximate surface area is 140 Å². The summed E-state index contributed by atoms with van der Waals surface area (Å²) in [6.07, 6.45) is 1.74. The van der Waals surface area contributed by atoms with Crippen LogP contribution in [0.15, 0.2) is 18.3 Å². The number of ketones is 1. The van der Waals surface area contributed by atoms with E-state index in [0.717, 1.165) is 24.3 Å². The van der Waals surface area contributed by atoms with Crippen LogP contribution in [-0.2, 0) is 9.53 Å². The van der Waals surface area contributed by atoms with Crippen molar-refractivity contribution in [3.8, 4) is 11.4 Å². The number of ether oxygens (including phenoxy) is 1. The zero-order chi connectivity index (χ0) is 16.9. The molecule has 1 aliphatic heterocycles. The van der Waals surface area contributed by atoms with Crippen LogP contribution in [0.2, 0.25) is 0 Å². The van der Waals surface area contributed by atoms with Gasteiger partial charge in [-0.25, -0.2) is 0 Å². The minimum absolute atomic E-state index is 0.0156. The molecule has 2 aromatic heterocycles. The van der Waals surface area contributed by atoms with Crippen molar-refractivity contribution in [1.29, 1.82) is 0 Å². The number of rotatable bonds is 5. The van der Waals surface area contributed by atoms with E-state index in [4.69, 9.17) is 4.74 Å². The minimum Gasteiger partial charge on any atom is -0.378 e. The molecular weight excluding hydrogens is 308 g/mol. The van der Waals surface area contributed by atoms with Gasteiger partial charge in [-0.05, 0) is 26.0 Å². The summed E-state index contributed by atoms with van der Waals surface area (Å²) in [4.78, 5) is 31.0. The Kier molecular flexibility index (Phi) is 4.95. The zero-order valence-corrected chi connectivity index (χ0v) is 13.8. The number of aryl methyl sites for hydroxylation is 1. The Balaban J connectivity index is 1.94. The Morgan fingerprint density at radius 1 is 1.25 bits per heavy atom. The highest BCUT2D eigenvalue weighted by Gasteiger charge is 2.17. The molecule has 0 aliphatic carbocycles. The summed E-state index contributed by atoms with van der Waals surface area (Å²) < 4.78 is 5.38. The number of nitrogens with zero attached hydrogens (tertiary/aromatic N) is 5. The number of hydrogen-bond donors (Lipinski definition) is 1. The smallest absolute Gasteiger partial charge is 0.230 e. The van der Waals surface area contributed by atoms with Crippen molar-refractivity contribution in [2.24, 2.45) is 0 Å². The Bertz CT molecular complexity index is 713. The first-order valence-corrected chi connectivity index (χ1v) is 7.87. The van der Waals surface area contributed by atoms with Crippen LogP contribution < -0.4 is 10.2 Å². The SMILES string of the molecule is CC(=O)CNc1nc(-c2ccc(C)nc2)nc(N2CCOCC2)n1. The quantitative estimate of drug-likeness (QED) is 0.871. The largest absolute Gasteiger partial charge is 0.378 e. The topological polar surface area (TPSA) is 93.1 Å². The van der Waals surface area contributed by atoms with Crippen molar-refractivity contribution in [3.05, 3.63) is 24.0 Å². The molecular formula is C16H20N6O2. The number of morpholine rings is 1. The lowest BCUT2D eigenvalue weighted by Gasteiger charge is -2.27. The number of Topliss-reactive ketones (excluding diaryl/α,β-unsaturated/α-hetero) is 1. The second-order valence-corrected chi connectivity index (χ2v) is 5.63. The van der Waals surface area contributed by atoms with Crippen LogP contribution in [0.4, 0.5) is 11.9 Å². The lowest BCUT2D eigenvalue weighted by molar-refractivity contribution is -0.115. The van der Waals surface area contributed by atoms with Crippen LogP contribution in [-0.4, -0.2) is 58.6 Å². The van der Waals surface area contributed by atoms with E-state index in [0.29, 0.717) is 30.9 Å². The molecule has 0 saturated carbocycles. The van der Waals surface area contributed by atoms with E-state index in [-0.39, 0.29) is 12.3 Å². The molecule has 0 aromatic carbocycles. The van der Waals surface area contributed by atoms with Crippen LogP contribution in [0.3, 0.4) is 0 Å². The van der Waals surface area contributed by atoms with E-state index < -0.39 is 0 Å². The van der Waals surface area contributed by atoms with E-state index >= 15 is 0 Å². The van der Waals surface area contributed by atoms with E-state index in [1.807, 2.05) is 19.1 Å². The van der Waals surface area contributed by atoms with Crippen molar-refractivity contribution >= 4 is 17.7 Å². The highest BCUT2D eigenvalue weighted by Crippen LogP contribution is 2.20. The van der Waals surface area contributed by atoms with Gasteiger partial charge in [-0.2, -0.15) is 15.0 Å². The maximum atomic E-state index is 11.2. The molecule has 24 heavy (non-hydrogen) atoms. The summed E-state index contributed by atoms with van der Waals surface area (Å²) in [6, 6.07) is 3.84. The zero-order valence-electron chi connectivity index (χ0n) is 13.8. The Morgan fingerprint density at radius 2 is 2.04 bits per heavy atom. The van der Waals surface area contributed by atoms with Crippen LogP contribution in [0.25, 0.3) is 11.4 Å². The van der Waals surface area contributed by atoms with Gasteiger partial charge in [0.25, 0.3) is 0 Å². The standard InChI is InChI=1S/C16H20N6O2/c1-11-3-4-13(10-17-11)14-19-15(18-9-12(2)23)21-16(20-14)22-5-7-24-8-6-22/h3-4,10H,5-9H2,1-2H3,(H,18,19,20,21). The minimum atomic E-state index is 0.0156. The fourth-order valence-corrected chi connectivity index (χ4v) is 2.28. The fraction of sp³-hybridized carbons (Fsp3) is 0.438.